The number of ether oxygens (including phenoxy) is 1. The molecule has 11 heteroatoms. The van der Waals surface area contributed by atoms with Crippen molar-refractivity contribution in [2.75, 3.05) is 31.6 Å². The van der Waals surface area contributed by atoms with E-state index in [1.165, 1.54) is 11.1 Å². The molecular formula is C40H52F5NO4S. The van der Waals surface area contributed by atoms with E-state index in [4.69, 9.17) is 4.74 Å². The Hall–Kier alpha value is -2.47. The summed E-state index contributed by atoms with van der Waals surface area (Å²) in [7, 11) is 1.98. The van der Waals surface area contributed by atoms with Crippen molar-refractivity contribution in [1.82, 2.24) is 4.90 Å². The van der Waals surface area contributed by atoms with Crippen LogP contribution in [0.4, 0.5) is 22.0 Å². The first-order valence-corrected chi connectivity index (χ1v) is 19.8. The lowest BCUT2D eigenvalue weighted by molar-refractivity contribution is -0.284. The predicted octanol–water partition coefficient (Wildman–Crippen LogP) is 9.12. The number of fused-ring (bicyclic) bond motifs is 5. The van der Waals surface area contributed by atoms with Gasteiger partial charge in [0.25, 0.3) is 0 Å². The lowest BCUT2D eigenvalue weighted by atomic mass is 9.52. The van der Waals surface area contributed by atoms with E-state index in [9.17, 15) is 36.4 Å². The molecule has 2 fully saturated rings. The van der Waals surface area contributed by atoms with Crippen molar-refractivity contribution in [3.63, 3.8) is 0 Å². The van der Waals surface area contributed by atoms with E-state index in [2.05, 4.69) is 30.5 Å². The first kappa shape index (κ1) is 39.7. The van der Waals surface area contributed by atoms with Gasteiger partial charge >= 0.3 is 18.1 Å². The molecule has 3 aliphatic rings. The fraction of sp³-hybridized carbons (Fsp3) is 0.625. The summed E-state index contributed by atoms with van der Waals surface area (Å²) in [6.45, 7) is 8.17. The Morgan fingerprint density at radius 2 is 1.75 bits per heavy atom. The second kappa shape index (κ2) is 16.7. The molecular weight excluding hydrogens is 685 g/mol. The number of benzene rings is 2. The van der Waals surface area contributed by atoms with E-state index >= 15 is 0 Å². The SMILES string of the molecule is C=C1[C@H](O)C[C@H]2[C@@H]3[C@H](CCCCCN(C)CCC[S+]([O-])CCCC(F)(F)C(F)(F)F)Cc4cc(OC(=O)c5ccccc5)ccc4[C@H]3CC[C@]12C. The zero-order chi connectivity index (χ0) is 37.0. The number of esters is 1. The second-order valence-electron chi connectivity index (χ2n) is 15.3. The summed E-state index contributed by atoms with van der Waals surface area (Å²) < 4.78 is 81.2. The third-order valence-electron chi connectivity index (χ3n) is 11.9. The molecule has 0 aliphatic heterocycles. The largest absolute Gasteiger partial charge is 0.616 e. The highest BCUT2D eigenvalue weighted by Gasteiger charge is 2.57. The molecule has 5 nitrogen and oxygen atoms in total. The minimum atomic E-state index is -5.57. The van der Waals surface area contributed by atoms with E-state index in [1.54, 1.807) is 12.1 Å². The molecule has 282 valence electrons. The van der Waals surface area contributed by atoms with Crippen LogP contribution in [-0.4, -0.2) is 70.4 Å². The van der Waals surface area contributed by atoms with Gasteiger partial charge in [0.2, 0.25) is 0 Å². The second-order valence-corrected chi connectivity index (χ2v) is 17.0. The molecule has 5 rings (SSSR count). The third-order valence-corrected chi connectivity index (χ3v) is 13.4. The number of carbonyl (C=O) groups excluding carboxylic acids is 1. The van der Waals surface area contributed by atoms with Crippen LogP contribution in [0.25, 0.3) is 0 Å². The molecule has 1 unspecified atom stereocenters. The summed E-state index contributed by atoms with van der Waals surface area (Å²) in [5, 5.41) is 10.9. The van der Waals surface area contributed by atoms with Gasteiger partial charge in [-0.3, -0.25) is 0 Å². The van der Waals surface area contributed by atoms with Crippen LogP contribution in [0.15, 0.2) is 60.7 Å². The molecule has 7 atom stereocenters. The van der Waals surface area contributed by atoms with Crippen molar-refractivity contribution in [2.45, 2.75) is 102 Å². The molecule has 51 heavy (non-hydrogen) atoms. The van der Waals surface area contributed by atoms with Crippen molar-refractivity contribution < 1.29 is 41.1 Å². The third kappa shape index (κ3) is 9.37. The maximum Gasteiger partial charge on any atom is 0.453 e. The van der Waals surface area contributed by atoms with Crippen LogP contribution < -0.4 is 4.74 Å². The Kier molecular flexibility index (Phi) is 13.0. The average Bonchev–Trinajstić information content (AvgIpc) is 3.31. The van der Waals surface area contributed by atoms with E-state index in [0.29, 0.717) is 48.0 Å². The Morgan fingerprint density at radius 1 is 1.04 bits per heavy atom. The van der Waals surface area contributed by atoms with Gasteiger partial charge in [-0.1, -0.05) is 61.8 Å². The zero-order valence-corrected chi connectivity index (χ0v) is 30.6. The van der Waals surface area contributed by atoms with Gasteiger partial charge in [0.05, 0.1) is 11.7 Å². The molecule has 2 aromatic carbocycles. The van der Waals surface area contributed by atoms with Crippen LogP contribution in [0, 0.1) is 23.2 Å². The molecule has 0 aromatic heterocycles. The van der Waals surface area contributed by atoms with Gasteiger partial charge in [-0.15, -0.1) is 0 Å². The normalized spacial score (nSPS) is 26.8. The van der Waals surface area contributed by atoms with Gasteiger partial charge in [0.15, 0.2) is 0 Å². The van der Waals surface area contributed by atoms with Crippen LogP contribution in [-0.2, 0) is 17.6 Å². The summed E-state index contributed by atoms with van der Waals surface area (Å²) in [4.78, 5) is 15.0. The van der Waals surface area contributed by atoms with Gasteiger partial charge in [0.1, 0.15) is 17.3 Å². The number of rotatable bonds is 16. The smallest absolute Gasteiger partial charge is 0.453 e. The quantitative estimate of drug-likeness (QED) is 0.0465. The molecule has 1 N–H and O–H groups in total. The Morgan fingerprint density at radius 3 is 2.47 bits per heavy atom. The van der Waals surface area contributed by atoms with Gasteiger partial charge in [-0.25, -0.2) is 4.79 Å². The number of carbonyl (C=O) groups is 1. The maximum atomic E-state index is 13.1. The Labute approximate surface area is 302 Å². The van der Waals surface area contributed by atoms with Crippen LogP contribution >= 0.6 is 0 Å². The summed E-state index contributed by atoms with van der Waals surface area (Å²) in [5.74, 6) is -2.83. The first-order chi connectivity index (χ1) is 24.1. The zero-order valence-electron chi connectivity index (χ0n) is 29.7. The Balaban J connectivity index is 1.12. The average molecular weight is 738 g/mol. The highest BCUT2D eigenvalue weighted by Crippen LogP contribution is 2.64. The fourth-order valence-electron chi connectivity index (χ4n) is 9.05. The number of aliphatic hydroxyl groups is 1. The van der Waals surface area contributed by atoms with Crippen molar-refractivity contribution in [2.24, 2.45) is 23.2 Å². The maximum absolute atomic E-state index is 13.1. The van der Waals surface area contributed by atoms with E-state index in [-0.39, 0.29) is 22.9 Å². The number of unbranched alkanes of at least 4 members (excludes halogenated alkanes) is 2. The molecule has 0 radical (unpaired) electrons. The number of hydrogen-bond acceptors (Lipinski definition) is 5. The van der Waals surface area contributed by atoms with Crippen LogP contribution in [0.3, 0.4) is 0 Å². The van der Waals surface area contributed by atoms with Gasteiger partial charge in [0, 0.05) is 19.4 Å². The van der Waals surface area contributed by atoms with Crippen molar-refractivity contribution in [3.05, 3.63) is 77.4 Å². The van der Waals surface area contributed by atoms with Crippen molar-refractivity contribution in [3.8, 4) is 5.75 Å². The molecule has 0 saturated heterocycles. The first-order valence-electron chi connectivity index (χ1n) is 18.4. The van der Waals surface area contributed by atoms with Crippen molar-refractivity contribution in [1.29, 1.82) is 0 Å². The van der Waals surface area contributed by atoms with Gasteiger partial charge in [-0.05, 0) is 129 Å². The predicted molar refractivity (Wildman–Crippen MR) is 191 cm³/mol. The molecule has 0 amide bonds. The van der Waals surface area contributed by atoms with Crippen LogP contribution in [0.2, 0.25) is 0 Å². The van der Waals surface area contributed by atoms with Crippen LogP contribution in [0.1, 0.15) is 98.5 Å². The Bertz CT molecular complexity index is 1490. The van der Waals surface area contributed by atoms with E-state index in [1.807, 2.05) is 31.3 Å². The molecule has 2 saturated carbocycles. The van der Waals surface area contributed by atoms with Gasteiger partial charge < -0.3 is 19.3 Å². The minimum Gasteiger partial charge on any atom is -0.616 e. The topological polar surface area (TPSA) is 72.8 Å². The number of hydrogen-bond donors (Lipinski definition) is 1. The minimum absolute atomic E-state index is 0.0674. The van der Waals surface area contributed by atoms with Crippen LogP contribution in [0.5, 0.6) is 5.75 Å². The highest BCUT2D eigenvalue weighted by atomic mass is 32.2. The standard InChI is InChI=1S/C40H52F5NO4S/c1-27-35(47)26-34-36-29(14-8-5-9-20-46(3)21-11-23-51(49)22-10-18-39(41,42)40(43,44)45)24-30-25-31(50-37(48)28-12-6-4-7-13-28)15-16-32(30)33(36)17-19-38(27,34)2/h4,6-7,12-13,15-16,25,29,33-36,47H,1,5,8-11,14,17-24,26H2,2-3H3/t29-,33-,34+,35-,36-,38-,51?/m1/s1. The van der Waals surface area contributed by atoms with E-state index in [0.717, 1.165) is 63.5 Å². The van der Waals surface area contributed by atoms with Gasteiger partial charge in [-0.2, -0.15) is 22.0 Å². The highest BCUT2D eigenvalue weighted by molar-refractivity contribution is 7.91. The summed E-state index contributed by atoms with van der Waals surface area (Å²) >= 11 is -1.43. The summed E-state index contributed by atoms with van der Waals surface area (Å²) in [5.41, 5.74) is 4.00. The molecule has 3 aliphatic carbocycles. The van der Waals surface area contributed by atoms with Crippen molar-refractivity contribution >= 4 is 17.1 Å². The molecule has 2 aromatic rings. The number of aliphatic hydroxyl groups excluding tert-OH is 1. The summed E-state index contributed by atoms with van der Waals surface area (Å²) in [6.07, 6.45) is 0.606. The number of nitrogens with zero attached hydrogens (tertiary/aromatic N) is 1. The monoisotopic (exact) mass is 737 g/mol. The fourth-order valence-corrected chi connectivity index (χ4v) is 10.2. The number of alkyl halides is 5. The molecule has 0 bridgehead atoms. The number of halogens is 5. The lowest BCUT2D eigenvalue weighted by Gasteiger charge is -2.52. The summed E-state index contributed by atoms with van der Waals surface area (Å²) in [6, 6.07) is 15.1. The molecule has 0 spiro atoms. The molecule has 0 heterocycles. The lowest BCUT2D eigenvalue weighted by Crippen LogP contribution is -2.44. The van der Waals surface area contributed by atoms with E-state index < -0.39 is 42.2 Å².